The highest BCUT2D eigenvalue weighted by molar-refractivity contribution is 7.91. The molecule has 0 aliphatic rings. The first kappa shape index (κ1) is 20.6. The average Bonchev–Trinajstić information content (AvgIpc) is 2.66. The summed E-state index contributed by atoms with van der Waals surface area (Å²) in [5, 5.41) is 2.69. The van der Waals surface area contributed by atoms with E-state index in [4.69, 9.17) is 4.74 Å². The molecule has 0 spiro atoms. The first-order chi connectivity index (χ1) is 12.8. The fourth-order valence-corrected chi connectivity index (χ4v) is 3.53. The molecule has 1 atom stereocenters. The third-order valence-corrected chi connectivity index (χ3v) is 5.52. The molecule has 6 nitrogen and oxygen atoms in total. The fraction of sp³-hybridized carbons (Fsp3) is 0.263. The summed E-state index contributed by atoms with van der Waals surface area (Å²) in [5.41, 5.74) is 0.905. The lowest BCUT2D eigenvalue weighted by molar-refractivity contribution is -0.148. The van der Waals surface area contributed by atoms with E-state index >= 15 is 0 Å². The van der Waals surface area contributed by atoms with Crippen LogP contribution in [0.2, 0.25) is 0 Å². The second kappa shape index (κ2) is 9.27. The molecule has 0 radical (unpaired) electrons. The molecule has 2 rings (SSSR count). The number of ether oxygens (including phenoxy) is 1. The van der Waals surface area contributed by atoms with Gasteiger partial charge in [0.1, 0.15) is 5.82 Å². The van der Waals surface area contributed by atoms with Gasteiger partial charge in [-0.2, -0.15) is 0 Å². The summed E-state index contributed by atoms with van der Waals surface area (Å²) in [7, 11) is -3.73. The van der Waals surface area contributed by atoms with Gasteiger partial charge in [-0.15, -0.1) is 0 Å². The van der Waals surface area contributed by atoms with Crippen molar-refractivity contribution < 1.29 is 27.1 Å². The number of carbonyl (C=O) groups excluding carboxylic acids is 2. The second-order valence-electron chi connectivity index (χ2n) is 5.88. The second-order valence-corrected chi connectivity index (χ2v) is 7.99. The van der Waals surface area contributed by atoms with Crippen LogP contribution in [0.5, 0.6) is 0 Å². The van der Waals surface area contributed by atoms with Crippen molar-refractivity contribution in [2.75, 3.05) is 12.4 Å². The quantitative estimate of drug-likeness (QED) is 0.550. The first-order valence-corrected chi connectivity index (χ1v) is 9.91. The molecule has 1 N–H and O–H groups in total. The summed E-state index contributed by atoms with van der Waals surface area (Å²) in [6, 6.07) is 13.3. The molecule has 0 unspecified atom stereocenters. The van der Waals surface area contributed by atoms with Gasteiger partial charge in [0.25, 0.3) is 5.91 Å². The molecule has 2 aromatic rings. The molecule has 0 bridgehead atoms. The van der Waals surface area contributed by atoms with Crippen LogP contribution in [-0.2, 0) is 24.2 Å². The number of nitrogens with one attached hydrogen (secondary N) is 1. The normalized spacial score (nSPS) is 12.2. The number of carbonyl (C=O) groups is 2. The Bertz CT molecular complexity index is 882. The van der Waals surface area contributed by atoms with Crippen molar-refractivity contribution in [3.05, 3.63) is 66.0 Å². The van der Waals surface area contributed by atoms with Gasteiger partial charge < -0.3 is 10.1 Å². The third kappa shape index (κ3) is 6.49. The summed E-state index contributed by atoms with van der Waals surface area (Å²) < 4.78 is 41.8. The van der Waals surface area contributed by atoms with Crippen molar-refractivity contribution in [3.63, 3.8) is 0 Å². The smallest absolute Gasteiger partial charge is 0.307 e. The molecular weight excluding hydrogens is 373 g/mol. The Morgan fingerprint density at radius 1 is 1.07 bits per heavy atom. The summed E-state index contributed by atoms with van der Waals surface area (Å²) >= 11 is 0. The van der Waals surface area contributed by atoms with Crippen LogP contribution in [0.1, 0.15) is 24.9 Å². The minimum Gasteiger partial charge on any atom is -0.456 e. The highest BCUT2D eigenvalue weighted by atomic mass is 32.2. The van der Waals surface area contributed by atoms with E-state index in [1.807, 2.05) is 30.3 Å². The first-order valence-electron chi connectivity index (χ1n) is 8.26. The van der Waals surface area contributed by atoms with Crippen LogP contribution in [0, 0.1) is 5.82 Å². The van der Waals surface area contributed by atoms with Crippen molar-refractivity contribution in [1.29, 1.82) is 0 Å². The van der Waals surface area contributed by atoms with Crippen LogP contribution in [0.25, 0.3) is 0 Å². The molecule has 0 aromatic heterocycles. The molecule has 1 amide bonds. The van der Waals surface area contributed by atoms with E-state index in [-0.39, 0.29) is 10.9 Å². The van der Waals surface area contributed by atoms with Crippen molar-refractivity contribution in [2.24, 2.45) is 0 Å². The van der Waals surface area contributed by atoms with Crippen LogP contribution in [-0.4, -0.2) is 32.7 Å². The lowest BCUT2D eigenvalue weighted by Gasteiger charge is -2.14. The van der Waals surface area contributed by atoms with Crippen molar-refractivity contribution in [2.45, 2.75) is 24.3 Å². The Morgan fingerprint density at radius 3 is 2.33 bits per heavy atom. The van der Waals surface area contributed by atoms with Gasteiger partial charge in [0.15, 0.2) is 16.4 Å². The average molecular weight is 393 g/mol. The molecule has 0 saturated carbocycles. The molecular formula is C19H20FNO5S. The highest BCUT2D eigenvalue weighted by Gasteiger charge is 2.18. The zero-order valence-electron chi connectivity index (χ0n) is 14.7. The molecule has 0 fully saturated rings. The lowest BCUT2D eigenvalue weighted by Crippen LogP contribution is -2.31. The largest absolute Gasteiger partial charge is 0.456 e. The number of hydrogen-bond acceptors (Lipinski definition) is 5. The monoisotopic (exact) mass is 393 g/mol. The maximum absolute atomic E-state index is 12.9. The molecule has 0 aliphatic carbocycles. The van der Waals surface area contributed by atoms with Crippen molar-refractivity contribution in [3.8, 4) is 0 Å². The van der Waals surface area contributed by atoms with E-state index in [1.54, 1.807) is 6.92 Å². The van der Waals surface area contributed by atoms with Crippen molar-refractivity contribution in [1.82, 2.24) is 5.32 Å². The molecule has 8 heteroatoms. The van der Waals surface area contributed by atoms with E-state index in [0.29, 0.717) is 0 Å². The SMILES string of the molecule is C[C@@H](NC(=O)COC(=O)CCS(=O)(=O)c1ccc(F)cc1)c1ccccc1. The minimum absolute atomic E-state index is 0.0777. The van der Waals surface area contributed by atoms with Gasteiger partial charge in [-0.25, -0.2) is 12.8 Å². The number of benzene rings is 2. The topological polar surface area (TPSA) is 89.5 Å². The number of esters is 1. The zero-order valence-corrected chi connectivity index (χ0v) is 15.5. The number of rotatable bonds is 8. The van der Waals surface area contributed by atoms with E-state index in [0.717, 1.165) is 29.8 Å². The lowest BCUT2D eigenvalue weighted by atomic mass is 10.1. The summed E-state index contributed by atoms with van der Waals surface area (Å²) in [5.74, 6) is -2.33. The summed E-state index contributed by atoms with van der Waals surface area (Å²) in [4.78, 5) is 23.5. The van der Waals surface area contributed by atoms with Gasteiger partial charge in [-0.3, -0.25) is 9.59 Å². The Hall–Kier alpha value is -2.74. The van der Waals surface area contributed by atoms with E-state index in [2.05, 4.69) is 5.32 Å². The van der Waals surface area contributed by atoms with E-state index in [1.165, 1.54) is 0 Å². The van der Waals surface area contributed by atoms with Crippen LogP contribution in [0.4, 0.5) is 4.39 Å². The Morgan fingerprint density at radius 2 is 1.70 bits per heavy atom. The molecule has 0 saturated heterocycles. The minimum atomic E-state index is -3.73. The summed E-state index contributed by atoms with van der Waals surface area (Å²) in [6.45, 7) is 1.30. The van der Waals surface area contributed by atoms with Gasteiger partial charge in [0.2, 0.25) is 0 Å². The third-order valence-electron chi connectivity index (χ3n) is 3.79. The molecule has 144 valence electrons. The van der Waals surface area contributed by atoms with Crippen LogP contribution < -0.4 is 5.32 Å². The predicted octanol–water partition coefficient (Wildman–Crippen LogP) is 2.41. The Balaban J connectivity index is 1.77. The number of sulfone groups is 1. The van der Waals surface area contributed by atoms with Gasteiger partial charge >= 0.3 is 5.97 Å². The maximum Gasteiger partial charge on any atom is 0.307 e. The molecule has 0 aliphatic heterocycles. The zero-order chi connectivity index (χ0) is 19.9. The maximum atomic E-state index is 12.9. The number of hydrogen-bond donors (Lipinski definition) is 1. The highest BCUT2D eigenvalue weighted by Crippen LogP contribution is 2.13. The predicted molar refractivity (Wildman–Crippen MR) is 97.0 cm³/mol. The van der Waals surface area contributed by atoms with E-state index < -0.39 is 46.3 Å². The van der Waals surface area contributed by atoms with Gasteiger partial charge in [0.05, 0.1) is 23.1 Å². The standard InChI is InChI=1S/C19H20FNO5S/c1-14(15-5-3-2-4-6-15)21-18(22)13-26-19(23)11-12-27(24,25)17-9-7-16(20)8-10-17/h2-10,14H,11-13H2,1H3,(H,21,22)/t14-/m1/s1. The van der Waals surface area contributed by atoms with Crippen LogP contribution >= 0.6 is 0 Å². The Kier molecular flexibility index (Phi) is 7.06. The Labute approximate surface area is 157 Å². The van der Waals surface area contributed by atoms with E-state index in [9.17, 15) is 22.4 Å². The number of halogens is 1. The van der Waals surface area contributed by atoms with Crippen LogP contribution in [0.3, 0.4) is 0 Å². The van der Waals surface area contributed by atoms with Crippen LogP contribution in [0.15, 0.2) is 59.5 Å². The fourth-order valence-electron chi connectivity index (χ4n) is 2.30. The van der Waals surface area contributed by atoms with Crippen molar-refractivity contribution >= 4 is 21.7 Å². The van der Waals surface area contributed by atoms with Gasteiger partial charge in [-0.05, 0) is 36.8 Å². The molecule has 0 heterocycles. The molecule has 2 aromatic carbocycles. The molecule has 27 heavy (non-hydrogen) atoms. The summed E-state index contributed by atoms with van der Waals surface area (Å²) in [6.07, 6.45) is -0.402. The van der Waals surface area contributed by atoms with Gasteiger partial charge in [0, 0.05) is 0 Å². The van der Waals surface area contributed by atoms with Gasteiger partial charge in [-0.1, -0.05) is 30.3 Å². The number of amides is 1.